The molecule has 7 heteroatoms. The summed E-state index contributed by atoms with van der Waals surface area (Å²) in [5, 5.41) is 11.1. The summed E-state index contributed by atoms with van der Waals surface area (Å²) in [5.41, 5.74) is -0.179. The molecule has 1 rings (SSSR count). The van der Waals surface area contributed by atoms with Gasteiger partial charge in [-0.3, -0.25) is 19.7 Å². The van der Waals surface area contributed by atoms with Crippen molar-refractivity contribution < 1.29 is 24.0 Å². The van der Waals surface area contributed by atoms with E-state index in [1.807, 2.05) is 0 Å². The van der Waals surface area contributed by atoms with Gasteiger partial charge in [-0.05, 0) is 26.0 Å². The first-order valence-electron chi connectivity index (χ1n) is 5.92. The Bertz CT molecular complexity index is 552. The zero-order valence-electron chi connectivity index (χ0n) is 11.5. The summed E-state index contributed by atoms with van der Waals surface area (Å²) in [4.78, 5) is 33.7. The number of Topliss-reactive ketones (excluding diaryl/α,β-unsaturated/α-hetero) is 1. The Labute approximate surface area is 115 Å². The third-order valence-electron chi connectivity index (χ3n) is 2.60. The minimum absolute atomic E-state index is 0.144. The van der Waals surface area contributed by atoms with E-state index in [4.69, 9.17) is 4.74 Å². The fourth-order valence-electron chi connectivity index (χ4n) is 1.76. The van der Waals surface area contributed by atoms with E-state index in [1.54, 1.807) is 6.92 Å². The fourth-order valence-corrected chi connectivity index (χ4v) is 1.76. The standard InChI is InChI=1S/C13H15NO6/c1-4-20-12(16)7-11(15)10-6-9(19-3)5-8(2)13(10)14(17)18/h5-6H,4,7H2,1-3H3. The number of ketones is 1. The Morgan fingerprint density at radius 3 is 2.50 bits per heavy atom. The van der Waals surface area contributed by atoms with Gasteiger partial charge in [-0.2, -0.15) is 0 Å². The van der Waals surface area contributed by atoms with Gasteiger partial charge in [-0.15, -0.1) is 0 Å². The van der Waals surface area contributed by atoms with Gasteiger partial charge in [0, 0.05) is 5.56 Å². The summed E-state index contributed by atoms with van der Waals surface area (Å²) in [6.07, 6.45) is -0.540. The van der Waals surface area contributed by atoms with E-state index >= 15 is 0 Å². The van der Waals surface area contributed by atoms with E-state index in [9.17, 15) is 19.7 Å². The van der Waals surface area contributed by atoms with Gasteiger partial charge in [0.25, 0.3) is 5.69 Å². The molecule has 0 aromatic heterocycles. The number of ether oxygens (including phenoxy) is 2. The first-order valence-corrected chi connectivity index (χ1v) is 5.92. The van der Waals surface area contributed by atoms with Crippen molar-refractivity contribution in [3.63, 3.8) is 0 Å². The number of carbonyl (C=O) groups is 2. The summed E-state index contributed by atoms with van der Waals surface area (Å²) in [5.74, 6) is -1.07. The van der Waals surface area contributed by atoms with Gasteiger partial charge in [0.15, 0.2) is 5.78 Å². The maximum absolute atomic E-state index is 12.0. The smallest absolute Gasteiger partial charge is 0.313 e. The van der Waals surface area contributed by atoms with Crippen molar-refractivity contribution >= 4 is 17.4 Å². The van der Waals surface area contributed by atoms with Gasteiger partial charge in [0.2, 0.25) is 0 Å². The van der Waals surface area contributed by atoms with Crippen LogP contribution in [0.1, 0.15) is 29.3 Å². The first kappa shape index (κ1) is 15.6. The normalized spacial score (nSPS) is 9.95. The maximum Gasteiger partial charge on any atom is 0.313 e. The number of esters is 1. The summed E-state index contributed by atoms with van der Waals surface area (Å²) in [6, 6.07) is 2.71. The van der Waals surface area contributed by atoms with Crippen molar-refractivity contribution in [1.29, 1.82) is 0 Å². The van der Waals surface area contributed by atoms with Crippen LogP contribution >= 0.6 is 0 Å². The number of nitro groups is 1. The molecule has 0 bridgehead atoms. The molecule has 0 unspecified atom stereocenters. The van der Waals surface area contributed by atoms with Gasteiger partial charge in [0.05, 0.1) is 24.2 Å². The highest BCUT2D eigenvalue weighted by molar-refractivity contribution is 6.08. The largest absolute Gasteiger partial charge is 0.497 e. The van der Waals surface area contributed by atoms with Crippen molar-refractivity contribution in [2.75, 3.05) is 13.7 Å². The number of rotatable bonds is 6. The highest BCUT2D eigenvalue weighted by Crippen LogP contribution is 2.29. The van der Waals surface area contributed by atoms with Crippen LogP contribution in [0.2, 0.25) is 0 Å². The summed E-state index contributed by atoms with van der Waals surface area (Å²) in [6.45, 7) is 3.26. The van der Waals surface area contributed by atoms with Crippen molar-refractivity contribution in [3.05, 3.63) is 33.4 Å². The number of methoxy groups -OCH3 is 1. The lowest BCUT2D eigenvalue weighted by atomic mass is 10.0. The van der Waals surface area contributed by atoms with E-state index in [1.165, 1.54) is 26.2 Å². The molecule has 0 N–H and O–H groups in total. The molecule has 0 saturated heterocycles. The van der Waals surface area contributed by atoms with Crippen LogP contribution in [0.3, 0.4) is 0 Å². The number of aryl methyl sites for hydroxylation is 1. The Hall–Kier alpha value is -2.44. The Morgan fingerprint density at radius 2 is 2.00 bits per heavy atom. The lowest BCUT2D eigenvalue weighted by Crippen LogP contribution is -2.13. The predicted molar refractivity (Wildman–Crippen MR) is 70.0 cm³/mol. The zero-order chi connectivity index (χ0) is 15.3. The summed E-state index contributed by atoms with van der Waals surface area (Å²) < 4.78 is 9.64. The van der Waals surface area contributed by atoms with Crippen LogP contribution in [-0.2, 0) is 9.53 Å². The highest BCUT2D eigenvalue weighted by atomic mass is 16.6. The van der Waals surface area contributed by atoms with Crippen molar-refractivity contribution in [2.24, 2.45) is 0 Å². The van der Waals surface area contributed by atoms with Crippen LogP contribution in [0.25, 0.3) is 0 Å². The van der Waals surface area contributed by atoms with E-state index in [-0.39, 0.29) is 17.9 Å². The van der Waals surface area contributed by atoms with Crippen LogP contribution in [0.5, 0.6) is 5.75 Å². The fraction of sp³-hybridized carbons (Fsp3) is 0.385. The minimum atomic E-state index is -0.715. The second kappa shape index (κ2) is 6.65. The highest BCUT2D eigenvalue weighted by Gasteiger charge is 2.26. The Morgan fingerprint density at radius 1 is 1.35 bits per heavy atom. The molecule has 0 fully saturated rings. The molecular formula is C13H15NO6. The summed E-state index contributed by atoms with van der Waals surface area (Å²) >= 11 is 0. The SMILES string of the molecule is CCOC(=O)CC(=O)c1cc(OC)cc(C)c1[N+](=O)[O-]. The van der Waals surface area contributed by atoms with Crippen molar-refractivity contribution in [1.82, 2.24) is 0 Å². The molecule has 0 saturated carbocycles. The molecule has 0 spiro atoms. The minimum Gasteiger partial charge on any atom is -0.497 e. The molecular weight excluding hydrogens is 266 g/mol. The zero-order valence-corrected chi connectivity index (χ0v) is 11.5. The number of nitro benzene ring substituents is 1. The number of benzene rings is 1. The second-order valence-corrected chi connectivity index (χ2v) is 4.00. The van der Waals surface area contributed by atoms with Crippen LogP contribution < -0.4 is 4.74 Å². The number of hydrogen-bond donors (Lipinski definition) is 0. The van der Waals surface area contributed by atoms with E-state index in [2.05, 4.69) is 4.74 Å². The van der Waals surface area contributed by atoms with Gasteiger partial charge in [-0.1, -0.05) is 0 Å². The van der Waals surface area contributed by atoms with Gasteiger partial charge < -0.3 is 9.47 Å². The molecule has 0 atom stereocenters. The topological polar surface area (TPSA) is 95.7 Å². The van der Waals surface area contributed by atoms with Crippen molar-refractivity contribution in [2.45, 2.75) is 20.3 Å². The Balaban J connectivity index is 3.20. The summed E-state index contributed by atoms with van der Waals surface area (Å²) in [7, 11) is 1.39. The molecule has 0 aliphatic heterocycles. The van der Waals surface area contributed by atoms with Gasteiger partial charge in [-0.25, -0.2) is 0 Å². The van der Waals surface area contributed by atoms with Crippen LogP contribution in [0.15, 0.2) is 12.1 Å². The average molecular weight is 281 g/mol. The molecule has 0 amide bonds. The molecule has 7 nitrogen and oxygen atoms in total. The third kappa shape index (κ3) is 3.53. The molecule has 1 aromatic rings. The maximum atomic E-state index is 12.0. The quantitative estimate of drug-likeness (QED) is 0.260. The molecule has 108 valence electrons. The van der Waals surface area contributed by atoms with E-state index in [0.717, 1.165) is 0 Å². The average Bonchev–Trinajstić information content (AvgIpc) is 2.37. The molecule has 1 aromatic carbocycles. The molecule has 0 heterocycles. The van der Waals surface area contributed by atoms with Crippen LogP contribution in [0, 0.1) is 17.0 Å². The number of hydrogen-bond acceptors (Lipinski definition) is 6. The molecule has 0 aliphatic rings. The number of carbonyl (C=O) groups excluding carboxylic acids is 2. The first-order chi connectivity index (χ1) is 9.40. The molecule has 0 radical (unpaired) electrons. The van der Waals surface area contributed by atoms with E-state index in [0.29, 0.717) is 11.3 Å². The second-order valence-electron chi connectivity index (χ2n) is 4.00. The Kier molecular flexibility index (Phi) is 5.19. The monoisotopic (exact) mass is 281 g/mol. The van der Waals surface area contributed by atoms with Crippen LogP contribution in [0.4, 0.5) is 5.69 Å². The van der Waals surface area contributed by atoms with E-state index < -0.39 is 23.1 Å². The molecule has 0 aliphatic carbocycles. The van der Waals surface area contributed by atoms with Crippen LogP contribution in [-0.4, -0.2) is 30.4 Å². The van der Waals surface area contributed by atoms with Gasteiger partial charge in [0.1, 0.15) is 12.2 Å². The lowest BCUT2D eigenvalue weighted by Gasteiger charge is -2.08. The van der Waals surface area contributed by atoms with Crippen molar-refractivity contribution in [3.8, 4) is 5.75 Å². The lowest BCUT2D eigenvalue weighted by molar-refractivity contribution is -0.385. The third-order valence-corrected chi connectivity index (χ3v) is 2.60. The predicted octanol–water partition coefficient (Wildman–Crippen LogP) is 2.05. The van der Waals surface area contributed by atoms with Gasteiger partial charge >= 0.3 is 5.97 Å². The number of nitrogens with zero attached hydrogens (tertiary/aromatic N) is 1. The molecule has 20 heavy (non-hydrogen) atoms.